The molecule has 0 fully saturated rings. The number of nitrogens with one attached hydrogen (secondary N) is 2. The van der Waals surface area contributed by atoms with E-state index in [0.29, 0.717) is 5.76 Å². The monoisotopic (exact) mass is 292 g/mol. The van der Waals surface area contributed by atoms with Gasteiger partial charge in [-0.1, -0.05) is 0 Å². The summed E-state index contributed by atoms with van der Waals surface area (Å²) in [4.78, 5) is 23.1. The predicted molar refractivity (Wildman–Crippen MR) is 73.0 cm³/mol. The van der Waals surface area contributed by atoms with E-state index in [0.717, 1.165) is 5.76 Å². The molecule has 0 spiro atoms. The van der Waals surface area contributed by atoms with Crippen LogP contribution >= 0.6 is 0 Å². The summed E-state index contributed by atoms with van der Waals surface area (Å²) >= 11 is 0. The predicted octanol–water partition coefficient (Wildman–Crippen LogP) is 0.523. The van der Waals surface area contributed by atoms with Crippen LogP contribution in [0.1, 0.15) is 24.5 Å². The highest BCUT2D eigenvalue weighted by Crippen LogP contribution is 2.07. The number of amides is 3. The first-order valence-corrected chi connectivity index (χ1v) is 6.62. The zero-order valence-corrected chi connectivity index (χ0v) is 11.7. The van der Waals surface area contributed by atoms with Crippen LogP contribution in [-0.2, 0) is 11.3 Å². The first kappa shape index (κ1) is 14.9. The van der Waals surface area contributed by atoms with Gasteiger partial charge >= 0.3 is 6.03 Å². The molecule has 2 rings (SSSR count). The Labute approximate surface area is 121 Å². The van der Waals surface area contributed by atoms with E-state index in [1.54, 1.807) is 29.8 Å². The summed E-state index contributed by atoms with van der Waals surface area (Å²) in [5, 5.41) is 6.57. The molecule has 0 bridgehead atoms. The Morgan fingerprint density at radius 2 is 2.00 bits per heavy atom. The van der Waals surface area contributed by atoms with E-state index in [9.17, 15) is 9.59 Å². The molecule has 0 aliphatic rings. The lowest BCUT2D eigenvalue weighted by molar-refractivity contribution is -0.684. The minimum absolute atomic E-state index is 0.0110. The van der Waals surface area contributed by atoms with Crippen LogP contribution < -0.4 is 16.0 Å². The number of furan rings is 2. The van der Waals surface area contributed by atoms with Gasteiger partial charge in [-0.05, 0) is 31.2 Å². The van der Waals surface area contributed by atoms with Crippen molar-refractivity contribution in [3.63, 3.8) is 0 Å². The fraction of sp³-hybridized carbons (Fsp3) is 0.286. The van der Waals surface area contributed by atoms with Crippen molar-refractivity contribution in [2.24, 2.45) is 0 Å². The maximum absolute atomic E-state index is 11.6. The topological polar surface area (TPSA) is 101 Å². The Bertz CT molecular complexity index is 563. The largest absolute Gasteiger partial charge is 0.467 e. The third-order valence-corrected chi connectivity index (χ3v) is 2.90. The number of carbonyl (C=O) groups is 2. The molecule has 21 heavy (non-hydrogen) atoms. The van der Waals surface area contributed by atoms with Crippen molar-refractivity contribution in [3.05, 3.63) is 48.3 Å². The lowest BCUT2D eigenvalue weighted by Crippen LogP contribution is -2.87. The van der Waals surface area contributed by atoms with Crippen LogP contribution in [0.3, 0.4) is 0 Å². The molecule has 0 radical (unpaired) electrons. The fourth-order valence-corrected chi connectivity index (χ4v) is 1.75. The molecular weight excluding hydrogens is 274 g/mol. The van der Waals surface area contributed by atoms with Crippen LogP contribution in [0.4, 0.5) is 4.79 Å². The quantitative estimate of drug-likeness (QED) is 0.722. The lowest BCUT2D eigenvalue weighted by Gasteiger charge is -2.08. The number of quaternary nitrogens is 1. The number of hydrogen-bond acceptors (Lipinski definition) is 4. The first-order chi connectivity index (χ1) is 10.1. The zero-order valence-electron chi connectivity index (χ0n) is 11.7. The van der Waals surface area contributed by atoms with Gasteiger partial charge in [-0.3, -0.25) is 10.1 Å². The molecule has 1 atom stereocenters. The molecule has 112 valence electrons. The molecular formula is C14H18N3O4+. The van der Waals surface area contributed by atoms with Gasteiger partial charge in [0, 0.05) is 0 Å². The summed E-state index contributed by atoms with van der Waals surface area (Å²) in [6.45, 7) is 2.29. The van der Waals surface area contributed by atoms with Crippen molar-refractivity contribution in [1.29, 1.82) is 0 Å². The van der Waals surface area contributed by atoms with Gasteiger partial charge in [-0.2, -0.15) is 0 Å². The Hall–Kier alpha value is -2.54. The molecule has 0 unspecified atom stereocenters. The van der Waals surface area contributed by atoms with Gasteiger partial charge < -0.3 is 19.5 Å². The Morgan fingerprint density at radius 1 is 1.24 bits per heavy atom. The Balaban J connectivity index is 1.65. The average molecular weight is 292 g/mol. The Morgan fingerprint density at radius 3 is 2.67 bits per heavy atom. The second kappa shape index (κ2) is 7.30. The van der Waals surface area contributed by atoms with E-state index in [1.807, 2.05) is 13.0 Å². The van der Waals surface area contributed by atoms with Crippen molar-refractivity contribution >= 4 is 11.9 Å². The molecule has 7 nitrogen and oxygen atoms in total. The van der Waals surface area contributed by atoms with Gasteiger partial charge in [0.1, 0.15) is 11.8 Å². The Kier molecular flexibility index (Phi) is 5.16. The van der Waals surface area contributed by atoms with Gasteiger partial charge in [-0.15, -0.1) is 0 Å². The molecule has 7 heteroatoms. The maximum Gasteiger partial charge on any atom is 0.321 e. The highest BCUT2D eigenvalue weighted by Gasteiger charge is 2.15. The average Bonchev–Trinajstić information content (AvgIpc) is 3.15. The van der Waals surface area contributed by atoms with Crippen LogP contribution in [0, 0.1) is 0 Å². The van der Waals surface area contributed by atoms with Crippen LogP contribution in [0.25, 0.3) is 0 Å². The second-order valence-corrected chi connectivity index (χ2v) is 4.55. The summed E-state index contributed by atoms with van der Waals surface area (Å²) in [7, 11) is 0. The summed E-state index contributed by atoms with van der Waals surface area (Å²) in [6.07, 6.45) is 3.10. The number of rotatable bonds is 6. The lowest BCUT2D eigenvalue weighted by atomic mass is 10.2. The first-order valence-electron chi connectivity index (χ1n) is 6.62. The molecule has 2 heterocycles. The van der Waals surface area contributed by atoms with Gasteiger partial charge in [0.2, 0.25) is 0 Å². The standard InChI is InChI=1S/C14H17N3O4/c1-10(12-5-3-7-21-12)15-9-13(18)17-14(19)16-8-11-4-2-6-20-11/h2-7,10,15H,8-9H2,1H3,(H2,16,17,18,19)/p+1/t10-/m0/s1. The highest BCUT2D eigenvalue weighted by molar-refractivity contribution is 5.94. The van der Waals surface area contributed by atoms with Crippen molar-refractivity contribution in [2.75, 3.05) is 6.54 Å². The number of carbonyl (C=O) groups excluding carboxylic acids is 2. The van der Waals surface area contributed by atoms with Crippen molar-refractivity contribution in [1.82, 2.24) is 10.6 Å². The molecule has 0 saturated heterocycles. The minimum Gasteiger partial charge on any atom is -0.467 e. The molecule has 4 N–H and O–H groups in total. The smallest absolute Gasteiger partial charge is 0.321 e. The molecule has 2 aromatic heterocycles. The third-order valence-electron chi connectivity index (χ3n) is 2.90. The molecule has 0 saturated carbocycles. The SMILES string of the molecule is C[C@H]([NH2+]CC(=O)NC(=O)NCc1ccco1)c1ccco1. The normalized spacial score (nSPS) is 11.9. The summed E-state index contributed by atoms with van der Waals surface area (Å²) in [6, 6.07) is 6.57. The zero-order chi connectivity index (χ0) is 15.1. The number of nitrogens with two attached hydrogens (primary N) is 1. The molecule has 2 aromatic rings. The number of imide groups is 1. The summed E-state index contributed by atoms with van der Waals surface area (Å²) < 4.78 is 10.3. The second-order valence-electron chi connectivity index (χ2n) is 4.55. The van der Waals surface area contributed by atoms with Gasteiger partial charge in [0.05, 0.1) is 19.1 Å². The van der Waals surface area contributed by atoms with E-state index in [4.69, 9.17) is 8.83 Å². The minimum atomic E-state index is -0.546. The van der Waals surface area contributed by atoms with Gasteiger partial charge in [0.25, 0.3) is 5.91 Å². The fourth-order valence-electron chi connectivity index (χ4n) is 1.75. The van der Waals surface area contributed by atoms with E-state index in [1.165, 1.54) is 6.26 Å². The van der Waals surface area contributed by atoms with Gasteiger partial charge in [0.15, 0.2) is 12.3 Å². The molecule has 3 amide bonds. The van der Waals surface area contributed by atoms with E-state index >= 15 is 0 Å². The maximum atomic E-state index is 11.6. The molecule has 0 aliphatic heterocycles. The van der Waals surface area contributed by atoms with Crippen LogP contribution in [-0.4, -0.2) is 18.5 Å². The molecule has 0 aliphatic carbocycles. The number of hydrogen-bond donors (Lipinski definition) is 3. The molecule has 0 aromatic carbocycles. The van der Waals surface area contributed by atoms with Crippen LogP contribution in [0.2, 0.25) is 0 Å². The van der Waals surface area contributed by atoms with E-state index in [2.05, 4.69) is 10.6 Å². The number of urea groups is 1. The van der Waals surface area contributed by atoms with Crippen molar-refractivity contribution in [3.8, 4) is 0 Å². The van der Waals surface area contributed by atoms with Crippen molar-refractivity contribution < 1.29 is 23.7 Å². The summed E-state index contributed by atoms with van der Waals surface area (Å²) in [5.41, 5.74) is 0. The summed E-state index contributed by atoms with van der Waals surface area (Å²) in [5.74, 6) is 1.03. The van der Waals surface area contributed by atoms with Gasteiger partial charge in [-0.25, -0.2) is 4.79 Å². The van der Waals surface area contributed by atoms with Crippen molar-refractivity contribution in [2.45, 2.75) is 19.5 Å². The van der Waals surface area contributed by atoms with E-state index < -0.39 is 6.03 Å². The van der Waals surface area contributed by atoms with Crippen LogP contribution in [0.15, 0.2) is 45.6 Å². The van der Waals surface area contributed by atoms with E-state index in [-0.39, 0.29) is 25.0 Å². The third kappa shape index (κ3) is 4.81. The van der Waals surface area contributed by atoms with Crippen LogP contribution in [0.5, 0.6) is 0 Å². The highest BCUT2D eigenvalue weighted by atomic mass is 16.3.